The lowest BCUT2D eigenvalue weighted by molar-refractivity contribution is -0.117. The minimum Gasteiger partial charge on any atom is -0.495 e. The van der Waals surface area contributed by atoms with Gasteiger partial charge in [0.1, 0.15) is 23.1 Å². The number of aromatic nitrogens is 2. The summed E-state index contributed by atoms with van der Waals surface area (Å²) in [5.41, 5.74) is 0.772. The Kier molecular flexibility index (Phi) is 8.47. The fourth-order valence-corrected chi connectivity index (χ4v) is 5.91. The third-order valence-electron chi connectivity index (χ3n) is 7.57. The number of nitrogens with zero attached hydrogens (tertiary/aromatic N) is 3. The molecule has 41 heavy (non-hydrogen) atoms. The van der Waals surface area contributed by atoms with Gasteiger partial charge in [-0.15, -0.1) is 0 Å². The molecule has 10 nitrogen and oxygen atoms in total. The van der Waals surface area contributed by atoms with E-state index in [0.717, 1.165) is 16.6 Å². The van der Waals surface area contributed by atoms with Crippen molar-refractivity contribution < 1.29 is 23.7 Å². The zero-order valence-corrected chi connectivity index (χ0v) is 24.9. The van der Waals surface area contributed by atoms with Crippen molar-refractivity contribution in [3.05, 3.63) is 47.1 Å². The first-order chi connectivity index (χ1) is 19.7. The zero-order valence-electron chi connectivity index (χ0n) is 23.4. The largest absolute Gasteiger partial charge is 0.495 e. The van der Waals surface area contributed by atoms with E-state index in [1.807, 2.05) is 12.1 Å². The topological polar surface area (TPSA) is 107 Å². The highest BCUT2D eigenvalue weighted by molar-refractivity contribution is 6.41. The van der Waals surface area contributed by atoms with Crippen LogP contribution >= 0.6 is 23.2 Å². The second kappa shape index (κ2) is 11.9. The molecule has 2 saturated heterocycles. The van der Waals surface area contributed by atoms with Gasteiger partial charge in [0.2, 0.25) is 5.91 Å². The molecule has 0 bridgehead atoms. The normalized spacial score (nSPS) is 19.8. The second-order valence-electron chi connectivity index (χ2n) is 10.3. The average molecular weight is 603 g/mol. The van der Waals surface area contributed by atoms with Crippen LogP contribution in [0.4, 0.5) is 11.6 Å². The summed E-state index contributed by atoms with van der Waals surface area (Å²) in [6.45, 7) is 7.91. The maximum Gasteiger partial charge on any atom is 0.243 e. The van der Waals surface area contributed by atoms with Crippen molar-refractivity contribution >= 4 is 51.5 Å². The van der Waals surface area contributed by atoms with E-state index in [0.29, 0.717) is 71.3 Å². The monoisotopic (exact) mass is 601 g/mol. The van der Waals surface area contributed by atoms with Gasteiger partial charge in [-0.3, -0.25) is 4.79 Å². The average Bonchev–Trinajstić information content (AvgIpc) is 2.96. The van der Waals surface area contributed by atoms with E-state index in [1.54, 1.807) is 19.4 Å². The van der Waals surface area contributed by atoms with Crippen LogP contribution in [-0.2, 0) is 14.3 Å². The van der Waals surface area contributed by atoms with Crippen molar-refractivity contribution in [1.29, 1.82) is 0 Å². The number of methoxy groups -OCH3 is 3. The summed E-state index contributed by atoms with van der Waals surface area (Å²) in [7, 11) is 4.78. The van der Waals surface area contributed by atoms with E-state index in [9.17, 15) is 4.79 Å². The number of amides is 1. The van der Waals surface area contributed by atoms with Crippen molar-refractivity contribution in [1.82, 2.24) is 15.3 Å². The van der Waals surface area contributed by atoms with Crippen molar-refractivity contribution in [2.24, 2.45) is 0 Å². The van der Waals surface area contributed by atoms with Gasteiger partial charge in [0.25, 0.3) is 0 Å². The van der Waals surface area contributed by atoms with E-state index in [1.165, 1.54) is 20.3 Å². The summed E-state index contributed by atoms with van der Waals surface area (Å²) in [4.78, 5) is 23.9. The van der Waals surface area contributed by atoms with Gasteiger partial charge in [0.05, 0.1) is 54.3 Å². The first-order valence-corrected chi connectivity index (χ1v) is 13.9. The summed E-state index contributed by atoms with van der Waals surface area (Å²) < 4.78 is 22.4. The van der Waals surface area contributed by atoms with Crippen LogP contribution in [0.5, 0.6) is 11.5 Å². The van der Waals surface area contributed by atoms with E-state index < -0.39 is 0 Å². The maximum atomic E-state index is 12.0. The molecular weight excluding hydrogens is 569 g/mol. The van der Waals surface area contributed by atoms with E-state index in [4.69, 9.17) is 47.1 Å². The minimum absolute atomic E-state index is 0.128. The van der Waals surface area contributed by atoms with E-state index in [-0.39, 0.29) is 23.6 Å². The lowest BCUT2D eigenvalue weighted by atomic mass is 9.95. The van der Waals surface area contributed by atoms with Crippen LogP contribution in [0.15, 0.2) is 37.1 Å². The van der Waals surface area contributed by atoms with Gasteiger partial charge in [-0.1, -0.05) is 29.8 Å². The molecule has 0 spiro atoms. The van der Waals surface area contributed by atoms with Gasteiger partial charge >= 0.3 is 0 Å². The smallest absolute Gasteiger partial charge is 0.243 e. The highest BCUT2D eigenvalue weighted by Crippen LogP contribution is 2.47. The van der Waals surface area contributed by atoms with Crippen molar-refractivity contribution in [3.63, 3.8) is 0 Å². The van der Waals surface area contributed by atoms with Gasteiger partial charge in [0, 0.05) is 55.4 Å². The number of halogens is 2. The van der Waals surface area contributed by atoms with Crippen molar-refractivity contribution in [3.8, 4) is 22.8 Å². The summed E-state index contributed by atoms with van der Waals surface area (Å²) >= 11 is 13.5. The standard InChI is InChI=1S/C29H33Cl2N5O5/c1-6-24(37)34-18-7-8-41-13-20(18)33-23-10-17-16(12-32-23)9-19(35-28(17)36-14-29(2,15-36)40-5)25-26(30)21(38-3)11-22(39-4)27(25)31/h6,9-12,18,20H,1,7-8,13-15H2,2-5H3,(H,32,33)(H,34,37)/t18-,20+/m0/s1. The quantitative estimate of drug-likeness (QED) is 0.337. The zero-order chi connectivity index (χ0) is 29.3. The van der Waals surface area contributed by atoms with E-state index in [2.05, 4.69) is 34.0 Å². The Bertz CT molecular complexity index is 1450. The van der Waals surface area contributed by atoms with Crippen LogP contribution in [0.1, 0.15) is 13.3 Å². The Morgan fingerprint density at radius 2 is 1.85 bits per heavy atom. The van der Waals surface area contributed by atoms with Crippen LogP contribution in [-0.4, -0.2) is 81.2 Å². The summed E-state index contributed by atoms with van der Waals surface area (Å²) in [5, 5.41) is 8.82. The molecule has 1 amide bonds. The molecule has 2 aliphatic heterocycles. The van der Waals surface area contributed by atoms with Gasteiger partial charge in [-0.25, -0.2) is 9.97 Å². The number of fused-ring (bicyclic) bond motifs is 1. The van der Waals surface area contributed by atoms with Crippen LogP contribution < -0.4 is 25.0 Å². The lowest BCUT2D eigenvalue weighted by Crippen LogP contribution is -2.61. The second-order valence-corrected chi connectivity index (χ2v) is 11.1. The van der Waals surface area contributed by atoms with Crippen LogP contribution in [0.2, 0.25) is 10.0 Å². The molecule has 4 heterocycles. The number of carbonyl (C=O) groups is 1. The van der Waals surface area contributed by atoms with Crippen molar-refractivity contribution in [2.45, 2.75) is 31.0 Å². The molecule has 2 N–H and O–H groups in total. The number of pyridine rings is 2. The van der Waals surface area contributed by atoms with Gasteiger partial charge in [0.15, 0.2) is 0 Å². The van der Waals surface area contributed by atoms with Gasteiger partial charge < -0.3 is 34.5 Å². The summed E-state index contributed by atoms with van der Waals surface area (Å²) in [6.07, 6.45) is 3.73. The van der Waals surface area contributed by atoms with Crippen LogP contribution in [0.25, 0.3) is 22.0 Å². The lowest BCUT2D eigenvalue weighted by Gasteiger charge is -2.47. The molecule has 3 aromatic rings. The fourth-order valence-electron chi connectivity index (χ4n) is 5.21. The summed E-state index contributed by atoms with van der Waals surface area (Å²) in [5.74, 6) is 2.00. The summed E-state index contributed by atoms with van der Waals surface area (Å²) in [6, 6.07) is 5.20. The predicted octanol–water partition coefficient (Wildman–Crippen LogP) is 4.72. The maximum absolute atomic E-state index is 12.0. The molecule has 0 saturated carbocycles. The molecule has 5 rings (SSSR count). The third kappa shape index (κ3) is 5.74. The Hall–Kier alpha value is -3.31. The SMILES string of the molecule is C=CC(=O)N[C@H]1CCOC[C@H]1Nc1cc2c(N3CC(C)(OC)C3)nc(-c3c(Cl)c(OC)cc(OC)c3Cl)cc2cn1. The predicted molar refractivity (Wildman–Crippen MR) is 161 cm³/mol. The van der Waals surface area contributed by atoms with Crippen LogP contribution in [0, 0.1) is 0 Å². The Balaban J connectivity index is 1.58. The number of nitrogens with one attached hydrogen (secondary N) is 2. The number of rotatable bonds is 9. The highest BCUT2D eigenvalue weighted by atomic mass is 35.5. The molecule has 1 aromatic carbocycles. The number of ether oxygens (including phenoxy) is 4. The molecule has 2 aromatic heterocycles. The van der Waals surface area contributed by atoms with Gasteiger partial charge in [-0.05, 0) is 31.6 Å². The molecule has 218 valence electrons. The molecule has 2 fully saturated rings. The molecular formula is C29H33Cl2N5O5. The number of benzene rings is 1. The number of anilines is 2. The molecule has 0 unspecified atom stereocenters. The number of hydrogen-bond donors (Lipinski definition) is 2. The Morgan fingerprint density at radius 3 is 2.49 bits per heavy atom. The van der Waals surface area contributed by atoms with Gasteiger partial charge in [-0.2, -0.15) is 0 Å². The molecule has 0 radical (unpaired) electrons. The fraction of sp³-hybridized carbons (Fsp3) is 0.414. The molecule has 2 aliphatic rings. The highest BCUT2D eigenvalue weighted by Gasteiger charge is 2.40. The Labute approximate surface area is 248 Å². The molecule has 2 atom stereocenters. The first kappa shape index (κ1) is 29.2. The van der Waals surface area contributed by atoms with E-state index >= 15 is 0 Å². The van der Waals surface area contributed by atoms with Crippen molar-refractivity contribution in [2.75, 3.05) is 57.8 Å². The number of hydrogen-bond acceptors (Lipinski definition) is 9. The molecule has 12 heteroatoms. The van der Waals surface area contributed by atoms with Crippen LogP contribution in [0.3, 0.4) is 0 Å². The first-order valence-electron chi connectivity index (χ1n) is 13.2. The third-order valence-corrected chi connectivity index (χ3v) is 8.32. The number of carbonyl (C=O) groups excluding carboxylic acids is 1. The Morgan fingerprint density at radius 1 is 1.15 bits per heavy atom. The molecule has 0 aliphatic carbocycles. The minimum atomic E-state index is -0.289.